The minimum Gasteiger partial charge on any atom is -0.444 e. The largest absolute Gasteiger partial charge is 0.444 e. The fourth-order valence-corrected chi connectivity index (χ4v) is 1.98. The SMILES string of the molecule is C=CCN1C(=O)[C@@H](NC(=O)OC(C)(C)C)[C@@H](OC)C1=C=O. The molecule has 1 fully saturated rings. The number of carbonyl (C=O) groups excluding carboxylic acids is 3. The normalized spacial score (nSPS) is 22.0. The predicted octanol–water partition coefficient (Wildman–Crippen LogP) is 0.638. The third kappa shape index (κ3) is 3.93. The summed E-state index contributed by atoms with van der Waals surface area (Å²) in [6.45, 7) is 8.78. The summed E-state index contributed by atoms with van der Waals surface area (Å²) in [6, 6.07) is -1.03. The molecule has 7 heteroatoms. The van der Waals surface area contributed by atoms with Gasteiger partial charge in [0.1, 0.15) is 29.4 Å². The van der Waals surface area contributed by atoms with E-state index in [-0.39, 0.29) is 12.2 Å². The number of nitrogens with one attached hydrogen (secondary N) is 1. The second kappa shape index (κ2) is 6.56. The summed E-state index contributed by atoms with van der Waals surface area (Å²) >= 11 is 0. The van der Waals surface area contributed by atoms with E-state index in [0.717, 1.165) is 0 Å². The summed E-state index contributed by atoms with van der Waals surface area (Å²) < 4.78 is 10.2. The number of carbonyl (C=O) groups is 2. The number of rotatable bonds is 4. The molecule has 1 aliphatic rings. The van der Waals surface area contributed by atoms with Gasteiger partial charge in [0.15, 0.2) is 0 Å². The van der Waals surface area contributed by atoms with E-state index in [1.807, 2.05) is 0 Å². The highest BCUT2D eigenvalue weighted by atomic mass is 16.6. The van der Waals surface area contributed by atoms with Gasteiger partial charge in [0.25, 0.3) is 5.91 Å². The van der Waals surface area contributed by atoms with E-state index in [9.17, 15) is 14.4 Å². The van der Waals surface area contributed by atoms with Crippen LogP contribution in [0.2, 0.25) is 0 Å². The van der Waals surface area contributed by atoms with Gasteiger partial charge in [-0.25, -0.2) is 9.59 Å². The molecule has 0 saturated carbocycles. The van der Waals surface area contributed by atoms with Gasteiger partial charge in [-0.15, -0.1) is 6.58 Å². The molecule has 0 bridgehead atoms. The number of hydrogen-bond acceptors (Lipinski definition) is 5. The van der Waals surface area contributed by atoms with Gasteiger partial charge in [0, 0.05) is 13.7 Å². The highest BCUT2D eigenvalue weighted by Gasteiger charge is 2.46. The van der Waals surface area contributed by atoms with E-state index in [4.69, 9.17) is 9.47 Å². The van der Waals surface area contributed by atoms with Gasteiger partial charge in [-0.05, 0) is 20.8 Å². The van der Waals surface area contributed by atoms with Gasteiger partial charge in [0.05, 0.1) is 0 Å². The van der Waals surface area contributed by atoms with Gasteiger partial charge in [-0.3, -0.25) is 9.69 Å². The van der Waals surface area contributed by atoms with E-state index in [1.165, 1.54) is 18.1 Å². The van der Waals surface area contributed by atoms with Gasteiger partial charge in [-0.1, -0.05) is 6.08 Å². The van der Waals surface area contributed by atoms with E-state index in [0.29, 0.717) is 0 Å². The second-order valence-electron chi connectivity index (χ2n) is 5.51. The molecule has 0 aromatic carbocycles. The van der Waals surface area contributed by atoms with Crippen molar-refractivity contribution in [3.63, 3.8) is 0 Å². The molecule has 116 valence electrons. The molecule has 0 unspecified atom stereocenters. The van der Waals surface area contributed by atoms with Crippen molar-refractivity contribution in [3.8, 4) is 0 Å². The molecule has 1 heterocycles. The first-order chi connectivity index (χ1) is 9.75. The Morgan fingerprint density at radius 2 is 2.14 bits per heavy atom. The molecule has 1 aliphatic heterocycles. The number of likely N-dealkylation sites (tertiary alicyclic amines) is 1. The van der Waals surface area contributed by atoms with Crippen LogP contribution in [0.15, 0.2) is 18.4 Å². The Kier molecular flexibility index (Phi) is 5.29. The molecule has 2 atom stereocenters. The molecule has 0 aromatic heterocycles. The number of hydrogen-bond donors (Lipinski definition) is 1. The lowest BCUT2D eigenvalue weighted by Crippen LogP contribution is -2.48. The summed E-state index contributed by atoms with van der Waals surface area (Å²) in [7, 11) is 1.34. The number of nitrogens with zero attached hydrogens (tertiary/aromatic N) is 1. The zero-order valence-corrected chi connectivity index (χ0v) is 12.6. The number of ether oxygens (including phenoxy) is 2. The zero-order valence-electron chi connectivity index (χ0n) is 12.6. The lowest BCUT2D eigenvalue weighted by atomic mass is 10.2. The van der Waals surface area contributed by atoms with Crippen molar-refractivity contribution in [2.45, 2.75) is 38.5 Å². The van der Waals surface area contributed by atoms with Crippen LogP contribution in [0.3, 0.4) is 0 Å². The Hall–Kier alpha value is -2.11. The molecule has 1 N–H and O–H groups in total. The van der Waals surface area contributed by atoms with Crippen LogP contribution in [0.1, 0.15) is 20.8 Å². The average molecular weight is 296 g/mol. The standard InChI is InChI=1S/C14H20N2O5/c1-6-7-16-9(8-17)11(20-5)10(12(16)18)15-13(19)21-14(2,3)4/h6,10-11H,1,7H2,2-5H3,(H,15,19)/t10-,11-/m0/s1. The topological polar surface area (TPSA) is 84.9 Å². The zero-order chi connectivity index (χ0) is 16.2. The van der Waals surface area contributed by atoms with Crippen molar-refractivity contribution in [2.24, 2.45) is 0 Å². The molecule has 0 aliphatic carbocycles. The Morgan fingerprint density at radius 3 is 2.57 bits per heavy atom. The predicted molar refractivity (Wildman–Crippen MR) is 75.1 cm³/mol. The Bertz CT molecular complexity index is 488. The van der Waals surface area contributed by atoms with Crippen LogP contribution in [0, 0.1) is 0 Å². The van der Waals surface area contributed by atoms with Crippen molar-refractivity contribution in [3.05, 3.63) is 18.4 Å². The quantitative estimate of drug-likeness (QED) is 0.608. The maximum absolute atomic E-state index is 12.3. The summed E-state index contributed by atoms with van der Waals surface area (Å²) in [5.74, 6) is 1.22. The second-order valence-corrected chi connectivity index (χ2v) is 5.51. The third-order valence-electron chi connectivity index (χ3n) is 2.74. The van der Waals surface area contributed by atoms with Crippen molar-refractivity contribution >= 4 is 17.9 Å². The number of methoxy groups -OCH3 is 1. The maximum Gasteiger partial charge on any atom is 0.408 e. The Morgan fingerprint density at radius 1 is 1.52 bits per heavy atom. The van der Waals surface area contributed by atoms with Crippen molar-refractivity contribution in [2.75, 3.05) is 13.7 Å². The molecule has 0 radical (unpaired) electrons. The van der Waals surface area contributed by atoms with Crippen molar-refractivity contribution < 1.29 is 23.9 Å². The van der Waals surface area contributed by atoms with Gasteiger partial charge < -0.3 is 14.8 Å². The first-order valence-electron chi connectivity index (χ1n) is 6.44. The Labute approximate surface area is 123 Å². The minimum absolute atomic E-state index is 0.0310. The molecule has 1 saturated heterocycles. The number of alkyl carbamates (subject to hydrolysis) is 1. The van der Waals surface area contributed by atoms with Gasteiger partial charge >= 0.3 is 6.09 Å². The highest BCUT2D eigenvalue weighted by Crippen LogP contribution is 2.24. The molecule has 21 heavy (non-hydrogen) atoms. The van der Waals surface area contributed by atoms with Crippen molar-refractivity contribution in [1.29, 1.82) is 0 Å². The molecular formula is C14H20N2O5. The fourth-order valence-electron chi connectivity index (χ4n) is 1.98. The van der Waals surface area contributed by atoms with E-state index >= 15 is 0 Å². The molecule has 1 rings (SSSR count). The molecular weight excluding hydrogens is 276 g/mol. The van der Waals surface area contributed by atoms with E-state index in [1.54, 1.807) is 26.7 Å². The van der Waals surface area contributed by atoms with Crippen LogP contribution in [0.5, 0.6) is 0 Å². The lowest BCUT2D eigenvalue weighted by Gasteiger charge is -2.22. The fraction of sp³-hybridized carbons (Fsp3) is 0.571. The number of amides is 2. The first kappa shape index (κ1) is 16.9. The monoisotopic (exact) mass is 296 g/mol. The first-order valence-corrected chi connectivity index (χ1v) is 6.44. The summed E-state index contributed by atoms with van der Waals surface area (Å²) in [6.07, 6.45) is -0.186. The van der Waals surface area contributed by atoms with Crippen LogP contribution < -0.4 is 5.32 Å². The molecule has 7 nitrogen and oxygen atoms in total. The average Bonchev–Trinajstić information content (AvgIpc) is 2.61. The van der Waals surface area contributed by atoms with Crippen LogP contribution >= 0.6 is 0 Å². The third-order valence-corrected chi connectivity index (χ3v) is 2.74. The van der Waals surface area contributed by atoms with Gasteiger partial charge in [-0.2, -0.15) is 0 Å². The van der Waals surface area contributed by atoms with Crippen LogP contribution in [-0.2, 0) is 19.1 Å². The highest BCUT2D eigenvalue weighted by molar-refractivity contribution is 5.93. The lowest BCUT2D eigenvalue weighted by molar-refractivity contribution is -0.128. The molecule has 0 aromatic rings. The summed E-state index contributed by atoms with van der Waals surface area (Å²) in [4.78, 5) is 36.3. The molecule has 0 spiro atoms. The molecule has 2 amide bonds. The van der Waals surface area contributed by atoms with Crippen molar-refractivity contribution in [1.82, 2.24) is 10.2 Å². The van der Waals surface area contributed by atoms with Gasteiger partial charge in [0.2, 0.25) is 0 Å². The summed E-state index contributed by atoms with van der Waals surface area (Å²) in [5, 5.41) is 2.43. The van der Waals surface area contributed by atoms with E-state index in [2.05, 4.69) is 11.9 Å². The Balaban J connectivity index is 2.95. The van der Waals surface area contributed by atoms with Crippen LogP contribution in [0.4, 0.5) is 4.79 Å². The summed E-state index contributed by atoms with van der Waals surface area (Å²) in [5.41, 5.74) is -0.665. The van der Waals surface area contributed by atoms with Crippen LogP contribution in [0.25, 0.3) is 0 Å². The van der Waals surface area contributed by atoms with Crippen LogP contribution in [-0.4, -0.2) is 54.2 Å². The smallest absolute Gasteiger partial charge is 0.408 e. The van der Waals surface area contributed by atoms with E-state index < -0.39 is 29.7 Å². The maximum atomic E-state index is 12.3. The minimum atomic E-state index is -1.03.